The molecule has 0 heterocycles. The van der Waals surface area contributed by atoms with Crippen LogP contribution in [0.4, 0.5) is 0 Å². The van der Waals surface area contributed by atoms with E-state index in [4.69, 9.17) is 0 Å². The Hall–Kier alpha value is -0.300. The van der Waals surface area contributed by atoms with Gasteiger partial charge in [0.05, 0.1) is 6.10 Å². The first-order chi connectivity index (χ1) is 7.70. The van der Waals surface area contributed by atoms with E-state index in [-0.39, 0.29) is 6.10 Å². The first-order valence-corrected chi connectivity index (χ1v) is 6.99. The van der Waals surface area contributed by atoms with Crippen molar-refractivity contribution in [3.63, 3.8) is 0 Å². The van der Waals surface area contributed by atoms with E-state index in [1.165, 1.54) is 25.7 Å². The van der Waals surface area contributed by atoms with E-state index < -0.39 is 0 Å². The molecule has 16 heavy (non-hydrogen) atoms. The number of fused-ring (bicyclic) bond motifs is 5. The molecule has 1 nitrogen and oxygen atoms in total. The third kappa shape index (κ3) is 1.48. The summed E-state index contributed by atoms with van der Waals surface area (Å²) >= 11 is 0. The van der Waals surface area contributed by atoms with E-state index in [1.807, 2.05) is 0 Å². The SMILES string of the molecule is C=CCC1CC2CC1C1CC(C)C(O)CC21. The Balaban J connectivity index is 1.75. The van der Waals surface area contributed by atoms with Crippen molar-refractivity contribution in [2.45, 2.75) is 45.1 Å². The Bertz CT molecular complexity index is 285. The number of aliphatic hydroxyl groups excluding tert-OH is 1. The lowest BCUT2D eigenvalue weighted by atomic mass is 9.64. The summed E-state index contributed by atoms with van der Waals surface area (Å²) in [5.74, 6) is 5.14. The van der Waals surface area contributed by atoms with Gasteiger partial charge in [0.25, 0.3) is 0 Å². The van der Waals surface area contributed by atoms with Crippen molar-refractivity contribution in [3.05, 3.63) is 12.7 Å². The highest BCUT2D eigenvalue weighted by molar-refractivity contribution is 5.04. The minimum absolute atomic E-state index is 0.0153. The Morgan fingerprint density at radius 2 is 1.94 bits per heavy atom. The van der Waals surface area contributed by atoms with E-state index in [1.54, 1.807) is 0 Å². The lowest BCUT2D eigenvalue weighted by Crippen LogP contribution is -2.39. The van der Waals surface area contributed by atoms with Crippen molar-refractivity contribution in [2.24, 2.45) is 35.5 Å². The second kappa shape index (κ2) is 3.87. The molecule has 0 aromatic carbocycles. The van der Waals surface area contributed by atoms with Crippen molar-refractivity contribution in [1.29, 1.82) is 0 Å². The molecule has 3 rings (SSSR count). The lowest BCUT2D eigenvalue weighted by molar-refractivity contribution is -0.00846. The molecule has 0 amide bonds. The molecule has 0 spiro atoms. The number of rotatable bonds is 2. The predicted molar refractivity (Wildman–Crippen MR) is 65.9 cm³/mol. The molecule has 7 atom stereocenters. The van der Waals surface area contributed by atoms with Gasteiger partial charge in [0.1, 0.15) is 0 Å². The first-order valence-electron chi connectivity index (χ1n) is 6.99. The fraction of sp³-hybridized carbons (Fsp3) is 0.867. The van der Waals surface area contributed by atoms with Crippen molar-refractivity contribution >= 4 is 0 Å². The summed E-state index contributed by atoms with van der Waals surface area (Å²) in [5.41, 5.74) is 0. The molecule has 0 aliphatic heterocycles. The molecule has 0 aromatic heterocycles. The zero-order chi connectivity index (χ0) is 11.3. The lowest BCUT2D eigenvalue weighted by Gasteiger charge is -2.43. The van der Waals surface area contributed by atoms with Crippen LogP contribution in [0.5, 0.6) is 0 Å². The van der Waals surface area contributed by atoms with Gasteiger partial charge in [-0.25, -0.2) is 0 Å². The molecule has 90 valence electrons. The standard InChI is InChI=1S/C15H24O/c1-3-4-10-6-11-7-12(10)14-5-9(2)15(16)8-13(11)14/h3,9-16H,1,4-8H2,2H3. The maximum absolute atomic E-state index is 10.0. The molecular weight excluding hydrogens is 196 g/mol. The maximum Gasteiger partial charge on any atom is 0.0568 e. The Morgan fingerprint density at radius 1 is 1.12 bits per heavy atom. The second-order valence-corrected chi connectivity index (χ2v) is 6.52. The van der Waals surface area contributed by atoms with E-state index in [0.717, 1.165) is 36.0 Å². The topological polar surface area (TPSA) is 20.2 Å². The van der Waals surface area contributed by atoms with Crippen molar-refractivity contribution in [2.75, 3.05) is 0 Å². The fourth-order valence-electron chi connectivity index (χ4n) is 5.04. The van der Waals surface area contributed by atoms with Crippen molar-refractivity contribution in [1.82, 2.24) is 0 Å². The van der Waals surface area contributed by atoms with E-state index in [2.05, 4.69) is 19.6 Å². The summed E-state index contributed by atoms with van der Waals surface area (Å²) in [7, 11) is 0. The molecule has 3 aliphatic rings. The molecular formula is C15H24O. The summed E-state index contributed by atoms with van der Waals surface area (Å²) in [5, 5.41) is 10.0. The second-order valence-electron chi connectivity index (χ2n) is 6.52. The monoisotopic (exact) mass is 220 g/mol. The van der Waals surface area contributed by atoms with Crippen LogP contribution < -0.4 is 0 Å². The molecule has 7 unspecified atom stereocenters. The van der Waals surface area contributed by atoms with Crippen LogP contribution in [0.2, 0.25) is 0 Å². The van der Waals surface area contributed by atoms with Gasteiger partial charge in [-0.15, -0.1) is 6.58 Å². The smallest absolute Gasteiger partial charge is 0.0568 e. The van der Waals surface area contributed by atoms with Gasteiger partial charge in [0.15, 0.2) is 0 Å². The van der Waals surface area contributed by atoms with Gasteiger partial charge >= 0.3 is 0 Å². The summed E-state index contributed by atoms with van der Waals surface area (Å²) in [6, 6.07) is 0. The zero-order valence-corrected chi connectivity index (χ0v) is 10.3. The Morgan fingerprint density at radius 3 is 2.69 bits per heavy atom. The molecule has 1 heteroatoms. The molecule has 1 N–H and O–H groups in total. The Kier molecular flexibility index (Phi) is 2.62. The van der Waals surface area contributed by atoms with Crippen LogP contribution >= 0.6 is 0 Å². The Labute approximate surface area is 98.9 Å². The third-order valence-corrected chi connectivity index (χ3v) is 5.78. The van der Waals surface area contributed by atoms with E-state index in [9.17, 15) is 5.11 Å². The van der Waals surface area contributed by atoms with Crippen molar-refractivity contribution in [3.8, 4) is 0 Å². The summed E-state index contributed by atoms with van der Waals surface area (Å²) in [6.07, 6.45) is 8.56. The molecule has 3 aliphatic carbocycles. The number of hydrogen-bond donors (Lipinski definition) is 1. The number of aliphatic hydroxyl groups is 1. The van der Waals surface area contributed by atoms with Crippen LogP contribution in [-0.4, -0.2) is 11.2 Å². The third-order valence-electron chi connectivity index (χ3n) is 5.78. The van der Waals surface area contributed by atoms with Gasteiger partial charge in [0, 0.05) is 0 Å². The predicted octanol–water partition coefficient (Wildman–Crippen LogP) is 3.24. The van der Waals surface area contributed by atoms with Gasteiger partial charge in [-0.3, -0.25) is 0 Å². The summed E-state index contributed by atoms with van der Waals surface area (Å²) in [6.45, 7) is 6.13. The van der Waals surface area contributed by atoms with Gasteiger partial charge in [0.2, 0.25) is 0 Å². The normalized spacial score (nSPS) is 55.0. The fourth-order valence-corrected chi connectivity index (χ4v) is 5.04. The average molecular weight is 220 g/mol. The van der Waals surface area contributed by atoms with Crippen LogP contribution in [0.25, 0.3) is 0 Å². The van der Waals surface area contributed by atoms with E-state index in [0.29, 0.717) is 5.92 Å². The minimum atomic E-state index is -0.0153. The van der Waals surface area contributed by atoms with Crippen molar-refractivity contribution < 1.29 is 5.11 Å². The number of allylic oxidation sites excluding steroid dienone is 1. The molecule has 0 radical (unpaired) electrons. The number of hydrogen-bond acceptors (Lipinski definition) is 1. The van der Waals surface area contributed by atoms with Gasteiger partial charge < -0.3 is 5.11 Å². The highest BCUT2D eigenvalue weighted by atomic mass is 16.3. The highest BCUT2D eigenvalue weighted by Gasteiger charge is 2.54. The largest absolute Gasteiger partial charge is 0.393 e. The van der Waals surface area contributed by atoms with E-state index >= 15 is 0 Å². The summed E-state index contributed by atoms with van der Waals surface area (Å²) < 4.78 is 0. The van der Waals surface area contributed by atoms with Crippen LogP contribution in [-0.2, 0) is 0 Å². The summed E-state index contributed by atoms with van der Waals surface area (Å²) in [4.78, 5) is 0. The minimum Gasteiger partial charge on any atom is -0.393 e. The van der Waals surface area contributed by atoms with Crippen LogP contribution in [0, 0.1) is 35.5 Å². The molecule has 0 saturated heterocycles. The maximum atomic E-state index is 10.0. The average Bonchev–Trinajstić information content (AvgIpc) is 2.78. The van der Waals surface area contributed by atoms with Gasteiger partial charge in [-0.2, -0.15) is 0 Å². The van der Waals surface area contributed by atoms with Crippen LogP contribution in [0.1, 0.15) is 39.0 Å². The quantitative estimate of drug-likeness (QED) is 0.708. The highest BCUT2D eigenvalue weighted by Crippen LogP contribution is 2.61. The molecule has 3 fully saturated rings. The molecule has 3 saturated carbocycles. The first kappa shape index (κ1) is 10.8. The zero-order valence-electron chi connectivity index (χ0n) is 10.3. The van der Waals surface area contributed by atoms with Gasteiger partial charge in [-0.1, -0.05) is 13.0 Å². The molecule has 0 aromatic rings. The van der Waals surface area contributed by atoms with Crippen LogP contribution in [0.3, 0.4) is 0 Å². The van der Waals surface area contributed by atoms with Crippen LogP contribution in [0.15, 0.2) is 12.7 Å². The molecule has 2 bridgehead atoms. The van der Waals surface area contributed by atoms with Gasteiger partial charge in [-0.05, 0) is 67.6 Å².